The first-order chi connectivity index (χ1) is 11.7. The third-order valence-corrected chi connectivity index (χ3v) is 3.90. The molecule has 1 atom stereocenters. The number of hydrogen-bond donors (Lipinski definition) is 2. The van der Waals surface area contributed by atoms with Gasteiger partial charge in [-0.2, -0.15) is 0 Å². The highest BCUT2D eigenvalue weighted by atomic mass is 35.5. The summed E-state index contributed by atoms with van der Waals surface area (Å²) in [5, 5.41) is 2.78. The first-order valence-electron chi connectivity index (χ1n) is 7.56. The highest BCUT2D eigenvalue weighted by Crippen LogP contribution is 2.31. The van der Waals surface area contributed by atoms with E-state index < -0.39 is 23.8 Å². The maximum atomic E-state index is 12.4. The van der Waals surface area contributed by atoms with Crippen LogP contribution in [0, 0.1) is 5.92 Å². The van der Waals surface area contributed by atoms with Crippen LogP contribution >= 0.6 is 11.6 Å². The van der Waals surface area contributed by atoms with Gasteiger partial charge >= 0.3 is 12.0 Å². The molecule has 0 saturated heterocycles. The van der Waals surface area contributed by atoms with Crippen molar-refractivity contribution in [3.05, 3.63) is 22.7 Å². The third-order valence-electron chi connectivity index (χ3n) is 3.58. The molecule has 0 bridgehead atoms. The Morgan fingerprint density at radius 2 is 1.96 bits per heavy atom. The molecule has 0 spiro atoms. The number of methoxy groups -OCH3 is 2. The fraction of sp³-hybridized carbons (Fsp3) is 0.438. The Morgan fingerprint density at radius 3 is 2.44 bits per heavy atom. The Hall–Kier alpha value is -2.48. The first-order valence-corrected chi connectivity index (χ1v) is 7.93. The molecule has 0 saturated carbocycles. The standard InChI is InChI=1S/C16H22ClN3O5/c1-5-20(8-9(2)14(18)21)16(23)19-12-7-13(24-3)10(6-11(12)17)15(22)25-4/h6-7,9H,5,8H2,1-4H3,(H2,18,21)(H,19,23)/t9-/m0/s1. The largest absolute Gasteiger partial charge is 0.496 e. The molecule has 0 aliphatic heterocycles. The van der Waals surface area contributed by atoms with Crippen molar-refractivity contribution < 1.29 is 23.9 Å². The van der Waals surface area contributed by atoms with E-state index in [9.17, 15) is 14.4 Å². The number of anilines is 1. The molecule has 0 aliphatic carbocycles. The Balaban J connectivity index is 3.03. The predicted octanol–water partition coefficient (Wildman–Crippen LogP) is 2.11. The molecule has 3 N–H and O–H groups in total. The fourth-order valence-corrected chi connectivity index (χ4v) is 2.27. The van der Waals surface area contributed by atoms with Gasteiger partial charge in [-0.3, -0.25) is 4.79 Å². The summed E-state index contributed by atoms with van der Waals surface area (Å²) in [6, 6.07) is 2.33. The van der Waals surface area contributed by atoms with Gasteiger partial charge in [-0.05, 0) is 13.0 Å². The van der Waals surface area contributed by atoms with Gasteiger partial charge in [0.2, 0.25) is 5.91 Å². The van der Waals surface area contributed by atoms with E-state index in [2.05, 4.69) is 10.1 Å². The fourth-order valence-electron chi connectivity index (χ4n) is 2.06. The van der Waals surface area contributed by atoms with Crippen molar-refractivity contribution in [3.8, 4) is 5.75 Å². The molecule has 138 valence electrons. The van der Waals surface area contributed by atoms with Gasteiger partial charge in [-0.15, -0.1) is 0 Å². The van der Waals surface area contributed by atoms with Gasteiger partial charge in [-0.1, -0.05) is 18.5 Å². The Bertz CT molecular complexity index is 665. The van der Waals surface area contributed by atoms with Crippen LogP contribution in [0.2, 0.25) is 5.02 Å². The molecule has 0 radical (unpaired) electrons. The van der Waals surface area contributed by atoms with E-state index in [1.807, 2.05) is 0 Å². The molecule has 0 unspecified atom stereocenters. The van der Waals surface area contributed by atoms with Crippen molar-refractivity contribution in [2.75, 3.05) is 32.6 Å². The lowest BCUT2D eigenvalue weighted by Gasteiger charge is -2.24. The molecular formula is C16H22ClN3O5. The first kappa shape index (κ1) is 20.6. The van der Waals surface area contributed by atoms with E-state index in [4.69, 9.17) is 22.1 Å². The van der Waals surface area contributed by atoms with Crippen molar-refractivity contribution >= 4 is 35.2 Å². The molecule has 1 aromatic carbocycles. The number of benzene rings is 1. The van der Waals surface area contributed by atoms with Crippen molar-refractivity contribution in [1.82, 2.24) is 4.90 Å². The summed E-state index contributed by atoms with van der Waals surface area (Å²) in [7, 11) is 2.62. The smallest absolute Gasteiger partial charge is 0.341 e. The van der Waals surface area contributed by atoms with E-state index in [1.54, 1.807) is 13.8 Å². The second-order valence-corrected chi connectivity index (χ2v) is 5.70. The minimum absolute atomic E-state index is 0.141. The highest BCUT2D eigenvalue weighted by molar-refractivity contribution is 6.34. The quantitative estimate of drug-likeness (QED) is 0.713. The summed E-state index contributed by atoms with van der Waals surface area (Å²) in [4.78, 5) is 36.7. The Kier molecular flexibility index (Phi) is 7.50. The van der Waals surface area contributed by atoms with Crippen LogP contribution in [0.5, 0.6) is 5.75 Å². The normalized spacial score (nSPS) is 11.4. The third kappa shape index (κ3) is 5.25. The molecule has 1 aromatic rings. The zero-order valence-electron chi connectivity index (χ0n) is 14.6. The van der Waals surface area contributed by atoms with Gasteiger partial charge in [0.05, 0.1) is 30.8 Å². The topological polar surface area (TPSA) is 111 Å². The van der Waals surface area contributed by atoms with Crippen LogP contribution in [0.25, 0.3) is 0 Å². The van der Waals surface area contributed by atoms with E-state index in [0.29, 0.717) is 6.54 Å². The SMILES string of the molecule is CCN(C[C@H](C)C(N)=O)C(=O)Nc1cc(OC)c(C(=O)OC)cc1Cl. The van der Waals surface area contributed by atoms with Crippen LogP contribution in [-0.2, 0) is 9.53 Å². The summed E-state index contributed by atoms with van der Waals surface area (Å²) in [6.45, 7) is 3.96. The zero-order chi connectivity index (χ0) is 19.1. The van der Waals surface area contributed by atoms with Crippen LogP contribution in [0.15, 0.2) is 12.1 Å². The second-order valence-electron chi connectivity index (χ2n) is 5.30. The summed E-state index contributed by atoms with van der Waals surface area (Å²) >= 11 is 6.14. The van der Waals surface area contributed by atoms with Gasteiger partial charge < -0.3 is 25.4 Å². The van der Waals surface area contributed by atoms with E-state index in [1.165, 1.54) is 31.3 Å². The summed E-state index contributed by atoms with van der Waals surface area (Å²) in [5.41, 5.74) is 5.64. The minimum Gasteiger partial charge on any atom is -0.496 e. The number of nitrogens with one attached hydrogen (secondary N) is 1. The number of nitrogens with zero attached hydrogens (tertiary/aromatic N) is 1. The van der Waals surface area contributed by atoms with Gasteiger partial charge in [0.1, 0.15) is 11.3 Å². The molecule has 0 fully saturated rings. The van der Waals surface area contributed by atoms with E-state index in [-0.39, 0.29) is 28.6 Å². The number of halogens is 1. The van der Waals surface area contributed by atoms with Crippen LogP contribution in [0.3, 0.4) is 0 Å². The predicted molar refractivity (Wildman–Crippen MR) is 94.0 cm³/mol. The Labute approximate surface area is 151 Å². The lowest BCUT2D eigenvalue weighted by atomic mass is 10.1. The van der Waals surface area contributed by atoms with Crippen molar-refractivity contribution in [2.24, 2.45) is 11.7 Å². The van der Waals surface area contributed by atoms with Crippen LogP contribution in [0.1, 0.15) is 24.2 Å². The molecular weight excluding hydrogens is 350 g/mol. The van der Waals surface area contributed by atoms with Crippen LogP contribution in [-0.4, -0.2) is 50.1 Å². The monoisotopic (exact) mass is 371 g/mol. The molecule has 1 rings (SSSR count). The molecule has 0 aromatic heterocycles. The van der Waals surface area contributed by atoms with Gasteiger partial charge in [-0.25, -0.2) is 9.59 Å². The summed E-state index contributed by atoms with van der Waals surface area (Å²) in [6.07, 6.45) is 0. The molecule has 0 heterocycles. The molecule has 0 aliphatic rings. The van der Waals surface area contributed by atoms with Crippen molar-refractivity contribution in [3.63, 3.8) is 0 Å². The molecule has 25 heavy (non-hydrogen) atoms. The highest BCUT2D eigenvalue weighted by Gasteiger charge is 2.21. The van der Waals surface area contributed by atoms with Gasteiger partial charge in [0.25, 0.3) is 0 Å². The number of amides is 3. The number of primary amides is 1. The number of urea groups is 1. The number of hydrogen-bond acceptors (Lipinski definition) is 5. The van der Waals surface area contributed by atoms with Crippen LogP contribution in [0.4, 0.5) is 10.5 Å². The lowest BCUT2D eigenvalue weighted by molar-refractivity contribution is -0.121. The number of rotatable bonds is 7. The average Bonchev–Trinajstić information content (AvgIpc) is 2.59. The maximum absolute atomic E-state index is 12.4. The summed E-state index contributed by atoms with van der Waals surface area (Å²) in [5.74, 6) is -1.38. The molecule has 9 heteroatoms. The number of nitrogens with two attached hydrogens (primary N) is 1. The van der Waals surface area contributed by atoms with E-state index >= 15 is 0 Å². The number of ether oxygens (including phenoxy) is 2. The molecule has 3 amide bonds. The second kappa shape index (κ2) is 9.12. The number of carbonyl (C=O) groups excluding carboxylic acids is 3. The van der Waals surface area contributed by atoms with Gasteiger partial charge in [0.15, 0.2) is 0 Å². The Morgan fingerprint density at radius 1 is 1.32 bits per heavy atom. The van der Waals surface area contributed by atoms with Gasteiger partial charge in [0, 0.05) is 19.2 Å². The number of carbonyl (C=O) groups is 3. The molecule has 8 nitrogen and oxygen atoms in total. The van der Waals surface area contributed by atoms with Crippen molar-refractivity contribution in [1.29, 1.82) is 0 Å². The summed E-state index contributed by atoms with van der Waals surface area (Å²) < 4.78 is 9.80. The van der Waals surface area contributed by atoms with Crippen molar-refractivity contribution in [2.45, 2.75) is 13.8 Å². The minimum atomic E-state index is -0.609. The average molecular weight is 372 g/mol. The van der Waals surface area contributed by atoms with E-state index in [0.717, 1.165) is 0 Å². The zero-order valence-corrected chi connectivity index (χ0v) is 15.3. The van der Waals surface area contributed by atoms with Crippen LogP contribution < -0.4 is 15.8 Å². The maximum Gasteiger partial charge on any atom is 0.341 e. The number of esters is 1. The lowest BCUT2D eigenvalue weighted by Crippen LogP contribution is -2.41.